The fraction of sp³-hybridized carbons (Fsp3) is 0.222. The van der Waals surface area contributed by atoms with E-state index in [1.165, 1.54) is 0 Å². The SMILES string of the molecule is CC(C)n1cnc2c(NCc3ccc(-c4cccnc4)nc3)nc(-c3ccccc3NCCO)nc21. The van der Waals surface area contributed by atoms with Crippen LogP contribution < -0.4 is 10.6 Å². The van der Waals surface area contributed by atoms with Crippen molar-refractivity contribution in [2.24, 2.45) is 0 Å². The van der Waals surface area contributed by atoms with Crippen molar-refractivity contribution in [2.45, 2.75) is 26.4 Å². The quantitative estimate of drug-likeness (QED) is 0.282. The number of hydrogen-bond acceptors (Lipinski definition) is 8. The molecule has 182 valence electrons. The van der Waals surface area contributed by atoms with Gasteiger partial charge in [-0.25, -0.2) is 15.0 Å². The fourth-order valence-corrected chi connectivity index (χ4v) is 3.96. The number of aliphatic hydroxyl groups excluding tert-OH is 1. The van der Waals surface area contributed by atoms with Crippen LogP contribution >= 0.6 is 0 Å². The molecule has 0 fully saturated rings. The summed E-state index contributed by atoms with van der Waals surface area (Å²) in [6, 6.07) is 16.0. The summed E-state index contributed by atoms with van der Waals surface area (Å²) in [5, 5.41) is 16.0. The van der Waals surface area contributed by atoms with Crippen LogP contribution in [0, 0.1) is 0 Å². The summed E-state index contributed by atoms with van der Waals surface area (Å²) < 4.78 is 2.04. The molecule has 0 amide bonds. The molecule has 0 saturated heterocycles. The number of nitrogens with one attached hydrogen (secondary N) is 2. The van der Waals surface area contributed by atoms with Gasteiger partial charge in [0.1, 0.15) is 5.52 Å². The predicted octanol–water partition coefficient (Wildman–Crippen LogP) is 4.55. The second kappa shape index (κ2) is 10.5. The van der Waals surface area contributed by atoms with E-state index >= 15 is 0 Å². The van der Waals surface area contributed by atoms with Crippen molar-refractivity contribution in [3.63, 3.8) is 0 Å². The van der Waals surface area contributed by atoms with E-state index in [1.54, 1.807) is 18.7 Å². The van der Waals surface area contributed by atoms with Gasteiger partial charge in [0.05, 0.1) is 18.6 Å². The van der Waals surface area contributed by atoms with Crippen molar-refractivity contribution < 1.29 is 5.11 Å². The van der Waals surface area contributed by atoms with Crippen LogP contribution in [0.3, 0.4) is 0 Å². The molecule has 1 aromatic carbocycles. The maximum atomic E-state index is 9.28. The Morgan fingerprint density at radius 3 is 2.58 bits per heavy atom. The van der Waals surface area contributed by atoms with Gasteiger partial charge in [0.15, 0.2) is 17.3 Å². The lowest BCUT2D eigenvalue weighted by molar-refractivity contribution is 0.311. The van der Waals surface area contributed by atoms with E-state index in [0.29, 0.717) is 30.2 Å². The van der Waals surface area contributed by atoms with Gasteiger partial charge in [-0.1, -0.05) is 18.2 Å². The molecule has 5 rings (SSSR count). The van der Waals surface area contributed by atoms with Crippen molar-refractivity contribution in [3.05, 3.63) is 79.0 Å². The van der Waals surface area contributed by atoms with Crippen LogP contribution in [0.5, 0.6) is 0 Å². The van der Waals surface area contributed by atoms with Gasteiger partial charge in [-0.05, 0) is 49.7 Å². The first-order valence-corrected chi connectivity index (χ1v) is 11.9. The minimum Gasteiger partial charge on any atom is -0.395 e. The normalized spacial score (nSPS) is 11.2. The Morgan fingerprint density at radius 2 is 1.83 bits per heavy atom. The molecule has 36 heavy (non-hydrogen) atoms. The molecular formula is C27H28N8O. The first-order valence-electron chi connectivity index (χ1n) is 11.9. The topological polar surface area (TPSA) is 114 Å². The summed E-state index contributed by atoms with van der Waals surface area (Å²) in [5.74, 6) is 1.24. The van der Waals surface area contributed by atoms with Gasteiger partial charge in [0, 0.05) is 54.5 Å². The van der Waals surface area contributed by atoms with E-state index < -0.39 is 0 Å². The summed E-state index contributed by atoms with van der Waals surface area (Å²) >= 11 is 0. The summed E-state index contributed by atoms with van der Waals surface area (Å²) in [6.07, 6.45) is 7.21. The van der Waals surface area contributed by atoms with Crippen molar-refractivity contribution in [3.8, 4) is 22.6 Å². The number of para-hydroxylation sites is 1. The van der Waals surface area contributed by atoms with Gasteiger partial charge >= 0.3 is 0 Å². The second-order valence-corrected chi connectivity index (χ2v) is 8.66. The number of benzene rings is 1. The molecule has 0 unspecified atom stereocenters. The van der Waals surface area contributed by atoms with Crippen LogP contribution in [-0.2, 0) is 6.54 Å². The Kier molecular flexibility index (Phi) is 6.81. The highest BCUT2D eigenvalue weighted by molar-refractivity contribution is 5.86. The Bertz CT molecular complexity index is 1450. The third kappa shape index (κ3) is 4.87. The highest BCUT2D eigenvalue weighted by atomic mass is 16.3. The number of anilines is 2. The van der Waals surface area contributed by atoms with Crippen LogP contribution in [0.2, 0.25) is 0 Å². The molecule has 0 spiro atoms. The van der Waals surface area contributed by atoms with Crippen molar-refractivity contribution in [1.82, 2.24) is 29.5 Å². The van der Waals surface area contributed by atoms with Gasteiger partial charge in [0.25, 0.3) is 0 Å². The molecule has 4 heterocycles. The van der Waals surface area contributed by atoms with Crippen molar-refractivity contribution in [2.75, 3.05) is 23.8 Å². The zero-order valence-corrected chi connectivity index (χ0v) is 20.3. The molecule has 9 heteroatoms. The summed E-state index contributed by atoms with van der Waals surface area (Å²) in [5.41, 5.74) is 6.07. The molecule has 0 radical (unpaired) electrons. The van der Waals surface area contributed by atoms with Gasteiger partial charge in [-0.3, -0.25) is 9.97 Å². The maximum Gasteiger partial charge on any atom is 0.166 e. The zero-order valence-electron chi connectivity index (χ0n) is 20.3. The van der Waals surface area contributed by atoms with Crippen LogP contribution in [-0.4, -0.2) is 47.7 Å². The number of aliphatic hydroxyl groups is 1. The average molecular weight is 481 g/mol. The first-order chi connectivity index (χ1) is 17.6. The van der Waals surface area contributed by atoms with Crippen LogP contribution in [0.15, 0.2) is 73.4 Å². The van der Waals surface area contributed by atoms with E-state index in [4.69, 9.17) is 9.97 Å². The molecule has 0 saturated carbocycles. The minimum absolute atomic E-state index is 0.0365. The molecule has 5 aromatic rings. The lowest BCUT2D eigenvalue weighted by Crippen LogP contribution is -2.09. The molecule has 3 N–H and O–H groups in total. The van der Waals surface area contributed by atoms with Crippen LogP contribution in [0.25, 0.3) is 33.8 Å². The monoisotopic (exact) mass is 480 g/mol. The predicted molar refractivity (Wildman–Crippen MR) is 142 cm³/mol. The third-order valence-corrected chi connectivity index (χ3v) is 5.81. The highest BCUT2D eigenvalue weighted by Crippen LogP contribution is 2.30. The smallest absolute Gasteiger partial charge is 0.166 e. The Labute approximate surface area is 209 Å². The van der Waals surface area contributed by atoms with Crippen LogP contribution in [0.4, 0.5) is 11.5 Å². The summed E-state index contributed by atoms with van der Waals surface area (Å²) in [4.78, 5) is 23.1. The molecule has 0 aliphatic rings. The Hall–Kier alpha value is -4.37. The lowest BCUT2D eigenvalue weighted by atomic mass is 10.1. The zero-order chi connectivity index (χ0) is 24.9. The molecular weight excluding hydrogens is 452 g/mol. The Morgan fingerprint density at radius 1 is 0.944 bits per heavy atom. The minimum atomic E-state index is 0.0365. The van der Waals surface area contributed by atoms with E-state index in [-0.39, 0.29) is 12.6 Å². The van der Waals surface area contributed by atoms with E-state index in [2.05, 4.69) is 39.4 Å². The fourth-order valence-electron chi connectivity index (χ4n) is 3.96. The highest BCUT2D eigenvalue weighted by Gasteiger charge is 2.17. The number of fused-ring (bicyclic) bond motifs is 1. The van der Waals surface area contributed by atoms with Crippen LogP contribution in [0.1, 0.15) is 25.5 Å². The number of hydrogen-bond donors (Lipinski definition) is 3. The average Bonchev–Trinajstić information content (AvgIpc) is 3.36. The number of nitrogens with zero attached hydrogens (tertiary/aromatic N) is 6. The largest absolute Gasteiger partial charge is 0.395 e. The van der Waals surface area contributed by atoms with Gasteiger partial charge in [0.2, 0.25) is 0 Å². The lowest BCUT2D eigenvalue weighted by Gasteiger charge is -2.14. The third-order valence-electron chi connectivity index (χ3n) is 5.81. The summed E-state index contributed by atoms with van der Waals surface area (Å²) in [6.45, 7) is 5.21. The van der Waals surface area contributed by atoms with E-state index in [0.717, 1.165) is 33.7 Å². The number of imidazole rings is 1. The number of rotatable bonds is 9. The van der Waals surface area contributed by atoms with E-state index in [9.17, 15) is 5.11 Å². The molecule has 0 aliphatic carbocycles. The standard InChI is InChI=1S/C27H28N8O/c1-18(2)35-17-32-24-26(31-15-19-9-10-22(30-14-19)20-6-5-11-28-16-20)33-25(34-27(24)35)21-7-3-4-8-23(21)29-12-13-36/h3-11,14,16-18,29,36H,12-13,15H2,1-2H3,(H,31,33,34). The number of aromatic nitrogens is 6. The van der Waals surface area contributed by atoms with Gasteiger partial charge in [-0.2, -0.15) is 0 Å². The van der Waals surface area contributed by atoms with E-state index in [1.807, 2.05) is 59.3 Å². The Balaban J connectivity index is 1.48. The van der Waals surface area contributed by atoms with Crippen molar-refractivity contribution in [1.29, 1.82) is 0 Å². The van der Waals surface area contributed by atoms with Gasteiger partial charge in [-0.15, -0.1) is 0 Å². The first kappa shape index (κ1) is 23.4. The maximum absolute atomic E-state index is 9.28. The molecule has 0 bridgehead atoms. The van der Waals surface area contributed by atoms with Gasteiger partial charge < -0.3 is 20.3 Å². The molecule has 9 nitrogen and oxygen atoms in total. The molecule has 4 aromatic heterocycles. The second-order valence-electron chi connectivity index (χ2n) is 8.66. The molecule has 0 atom stereocenters. The van der Waals surface area contributed by atoms with Crippen molar-refractivity contribution >= 4 is 22.7 Å². The molecule has 0 aliphatic heterocycles. The summed E-state index contributed by atoms with van der Waals surface area (Å²) in [7, 11) is 0. The number of pyridine rings is 2.